The molecule has 0 saturated heterocycles. The number of rotatable bonds is 6. The Morgan fingerprint density at radius 3 is 2.67 bits per heavy atom. The van der Waals surface area contributed by atoms with Gasteiger partial charge in [-0.15, -0.1) is 0 Å². The van der Waals surface area contributed by atoms with E-state index in [1.54, 1.807) is 25.3 Å². The summed E-state index contributed by atoms with van der Waals surface area (Å²) in [5.74, 6) is 0.948. The minimum absolute atomic E-state index is 0.122. The Bertz CT molecular complexity index is 592. The number of ether oxygens (including phenoxy) is 1. The third kappa shape index (κ3) is 4.95. The Kier molecular flexibility index (Phi) is 5.47. The number of halogens is 2. The molecule has 1 heterocycles. The van der Waals surface area contributed by atoms with Crippen molar-refractivity contribution in [1.29, 1.82) is 0 Å². The third-order valence-corrected chi connectivity index (χ3v) is 3.06. The topological polar surface area (TPSA) is 47.0 Å². The predicted octanol–water partition coefficient (Wildman–Crippen LogP) is 3.46. The second kappa shape index (κ2) is 7.33. The van der Waals surface area contributed by atoms with Gasteiger partial charge in [0.25, 0.3) is 0 Å². The summed E-state index contributed by atoms with van der Waals surface area (Å²) in [6.45, 7) is 2.33. The van der Waals surface area contributed by atoms with E-state index in [1.807, 2.05) is 6.92 Å². The van der Waals surface area contributed by atoms with Gasteiger partial charge in [-0.3, -0.25) is 0 Å². The van der Waals surface area contributed by atoms with E-state index in [9.17, 15) is 4.39 Å². The summed E-state index contributed by atoms with van der Waals surface area (Å²) in [5.41, 5.74) is 1.05. The van der Waals surface area contributed by atoms with Crippen LogP contribution in [0.15, 0.2) is 30.3 Å². The number of nitrogens with zero attached hydrogens (tertiary/aromatic N) is 2. The molecule has 0 radical (unpaired) electrons. The normalized spacial score (nSPS) is 12.2. The van der Waals surface area contributed by atoms with Crippen LogP contribution in [0, 0.1) is 5.82 Å². The molecule has 1 atom stereocenters. The summed E-state index contributed by atoms with van der Waals surface area (Å²) in [5, 5.41) is 3.63. The largest absolute Gasteiger partial charge is 0.377 e. The molecule has 112 valence electrons. The highest BCUT2D eigenvalue weighted by molar-refractivity contribution is 6.29. The zero-order chi connectivity index (χ0) is 15.2. The van der Waals surface area contributed by atoms with Gasteiger partial charge >= 0.3 is 0 Å². The van der Waals surface area contributed by atoms with Crippen molar-refractivity contribution in [3.8, 4) is 0 Å². The molecule has 1 aromatic carbocycles. The van der Waals surface area contributed by atoms with Gasteiger partial charge < -0.3 is 10.1 Å². The highest BCUT2D eigenvalue weighted by atomic mass is 35.5. The summed E-state index contributed by atoms with van der Waals surface area (Å²) in [4.78, 5) is 8.40. The van der Waals surface area contributed by atoms with Crippen molar-refractivity contribution < 1.29 is 9.13 Å². The first-order chi connectivity index (χ1) is 10.1. The zero-order valence-electron chi connectivity index (χ0n) is 11.9. The number of benzene rings is 1. The molecule has 1 N–H and O–H groups in total. The molecule has 1 aromatic heterocycles. The SMILES string of the molecule is COCc1nc(Cl)cc(NC(C)Cc2ccc(F)cc2)n1. The molecule has 0 aliphatic rings. The molecule has 21 heavy (non-hydrogen) atoms. The maximum absolute atomic E-state index is 12.9. The molecule has 0 aliphatic heterocycles. The van der Waals surface area contributed by atoms with Crippen molar-refractivity contribution in [1.82, 2.24) is 9.97 Å². The highest BCUT2D eigenvalue weighted by Gasteiger charge is 2.08. The van der Waals surface area contributed by atoms with E-state index >= 15 is 0 Å². The van der Waals surface area contributed by atoms with Gasteiger partial charge in [0.15, 0.2) is 5.82 Å². The van der Waals surface area contributed by atoms with E-state index in [2.05, 4.69) is 15.3 Å². The van der Waals surface area contributed by atoms with Crippen LogP contribution in [0.3, 0.4) is 0 Å². The first-order valence-electron chi connectivity index (χ1n) is 6.60. The Morgan fingerprint density at radius 1 is 1.29 bits per heavy atom. The van der Waals surface area contributed by atoms with Crippen LogP contribution in [0.2, 0.25) is 5.15 Å². The number of hydrogen-bond acceptors (Lipinski definition) is 4. The zero-order valence-corrected chi connectivity index (χ0v) is 12.7. The summed E-state index contributed by atoms with van der Waals surface area (Å²) in [6, 6.07) is 8.26. The summed E-state index contributed by atoms with van der Waals surface area (Å²) < 4.78 is 17.9. The molecule has 0 fully saturated rings. The number of anilines is 1. The standard InChI is InChI=1S/C15H17ClFN3O/c1-10(7-11-3-5-12(17)6-4-11)18-14-8-13(16)19-15(20-14)9-21-2/h3-6,8,10H,7,9H2,1-2H3,(H,18,19,20). The van der Waals surface area contributed by atoms with Gasteiger partial charge in [-0.05, 0) is 31.0 Å². The fraction of sp³-hybridized carbons (Fsp3) is 0.333. The highest BCUT2D eigenvalue weighted by Crippen LogP contribution is 2.14. The third-order valence-electron chi connectivity index (χ3n) is 2.86. The van der Waals surface area contributed by atoms with Crippen LogP contribution in [0.1, 0.15) is 18.3 Å². The molecular weight excluding hydrogens is 293 g/mol. The van der Waals surface area contributed by atoms with Crippen molar-refractivity contribution in [3.05, 3.63) is 52.7 Å². The van der Waals surface area contributed by atoms with E-state index in [1.165, 1.54) is 12.1 Å². The Hall–Kier alpha value is -1.72. The lowest BCUT2D eigenvalue weighted by Gasteiger charge is -2.15. The van der Waals surface area contributed by atoms with Gasteiger partial charge in [0.05, 0.1) is 0 Å². The monoisotopic (exact) mass is 309 g/mol. The average molecular weight is 310 g/mol. The molecule has 2 aromatic rings. The summed E-state index contributed by atoms with van der Waals surface area (Å²) >= 11 is 5.96. The van der Waals surface area contributed by atoms with Crippen LogP contribution >= 0.6 is 11.6 Å². The summed E-state index contributed by atoms with van der Waals surface area (Å²) in [6.07, 6.45) is 0.752. The van der Waals surface area contributed by atoms with Crippen molar-refractivity contribution in [2.45, 2.75) is 26.0 Å². The van der Waals surface area contributed by atoms with Crippen LogP contribution in [0.5, 0.6) is 0 Å². The van der Waals surface area contributed by atoms with E-state index in [4.69, 9.17) is 16.3 Å². The summed E-state index contributed by atoms with van der Waals surface area (Å²) in [7, 11) is 1.58. The Morgan fingerprint density at radius 2 is 2.00 bits per heavy atom. The minimum atomic E-state index is -0.230. The maximum atomic E-state index is 12.9. The first-order valence-corrected chi connectivity index (χ1v) is 6.98. The van der Waals surface area contributed by atoms with Gasteiger partial charge in [-0.1, -0.05) is 23.7 Å². The fourth-order valence-corrected chi connectivity index (χ4v) is 2.21. The molecule has 0 amide bonds. The van der Waals surface area contributed by atoms with Gasteiger partial charge in [0, 0.05) is 19.2 Å². The van der Waals surface area contributed by atoms with Crippen LogP contribution in [-0.4, -0.2) is 23.1 Å². The van der Waals surface area contributed by atoms with Gasteiger partial charge in [-0.2, -0.15) is 0 Å². The minimum Gasteiger partial charge on any atom is -0.377 e. The van der Waals surface area contributed by atoms with Crippen molar-refractivity contribution in [2.75, 3.05) is 12.4 Å². The average Bonchev–Trinajstić information content (AvgIpc) is 2.41. The van der Waals surface area contributed by atoms with Crippen LogP contribution in [0.4, 0.5) is 10.2 Å². The van der Waals surface area contributed by atoms with Crippen LogP contribution < -0.4 is 5.32 Å². The number of hydrogen-bond donors (Lipinski definition) is 1. The van der Waals surface area contributed by atoms with Gasteiger partial charge in [-0.25, -0.2) is 14.4 Å². The lowest BCUT2D eigenvalue weighted by molar-refractivity contribution is 0.178. The predicted molar refractivity (Wildman–Crippen MR) is 80.9 cm³/mol. The number of nitrogens with one attached hydrogen (secondary N) is 1. The van der Waals surface area contributed by atoms with Gasteiger partial charge in [0.2, 0.25) is 0 Å². The maximum Gasteiger partial charge on any atom is 0.158 e. The number of methoxy groups -OCH3 is 1. The molecular formula is C15H17ClFN3O. The molecule has 0 saturated carbocycles. The fourth-order valence-electron chi connectivity index (χ4n) is 2.01. The first kappa shape index (κ1) is 15.7. The lowest BCUT2D eigenvalue weighted by atomic mass is 10.1. The smallest absolute Gasteiger partial charge is 0.158 e. The van der Waals surface area contributed by atoms with E-state index in [0.717, 1.165) is 12.0 Å². The molecule has 0 bridgehead atoms. The second-order valence-corrected chi connectivity index (χ2v) is 5.19. The molecule has 2 rings (SSSR count). The quantitative estimate of drug-likeness (QED) is 0.830. The second-order valence-electron chi connectivity index (χ2n) is 4.80. The molecule has 6 heteroatoms. The van der Waals surface area contributed by atoms with E-state index < -0.39 is 0 Å². The van der Waals surface area contributed by atoms with Crippen molar-refractivity contribution in [3.63, 3.8) is 0 Å². The molecule has 4 nitrogen and oxygen atoms in total. The molecule has 0 spiro atoms. The number of aromatic nitrogens is 2. The van der Waals surface area contributed by atoms with Gasteiger partial charge in [0.1, 0.15) is 23.4 Å². The Labute approximate surface area is 128 Å². The molecule has 1 unspecified atom stereocenters. The van der Waals surface area contributed by atoms with Crippen molar-refractivity contribution >= 4 is 17.4 Å². The van der Waals surface area contributed by atoms with E-state index in [-0.39, 0.29) is 11.9 Å². The Balaban J connectivity index is 2.01. The van der Waals surface area contributed by atoms with Crippen molar-refractivity contribution in [2.24, 2.45) is 0 Å². The lowest BCUT2D eigenvalue weighted by Crippen LogP contribution is -2.19. The van der Waals surface area contributed by atoms with Crippen LogP contribution in [0.25, 0.3) is 0 Å². The van der Waals surface area contributed by atoms with Crippen LogP contribution in [-0.2, 0) is 17.8 Å². The molecule has 0 aliphatic carbocycles. The van der Waals surface area contributed by atoms with E-state index in [0.29, 0.717) is 23.4 Å².